The van der Waals surface area contributed by atoms with Gasteiger partial charge in [-0.3, -0.25) is 20.2 Å². The Bertz CT molecular complexity index is 488. The number of benzene rings is 2. The molecule has 0 saturated heterocycles. The van der Waals surface area contributed by atoms with Gasteiger partial charge in [-0.25, -0.2) is 0 Å². The van der Waals surface area contributed by atoms with Crippen molar-refractivity contribution in [3.8, 4) is 0 Å². The fourth-order valence-corrected chi connectivity index (χ4v) is 1.10. The summed E-state index contributed by atoms with van der Waals surface area (Å²) < 4.78 is 0. The van der Waals surface area contributed by atoms with Gasteiger partial charge in [-0.05, 0) is 0 Å². The molecule has 0 aliphatic rings. The zero-order valence-electron chi connectivity index (χ0n) is 10.1. The summed E-state index contributed by atoms with van der Waals surface area (Å²) in [6.45, 7) is 0. The van der Waals surface area contributed by atoms with E-state index in [-0.39, 0.29) is 11.4 Å². The van der Waals surface area contributed by atoms with Crippen LogP contribution in [0.3, 0.4) is 0 Å². The van der Waals surface area contributed by atoms with Crippen molar-refractivity contribution in [3.05, 3.63) is 80.9 Å². The molecule has 0 unspecified atom stereocenters. The first-order valence-electron chi connectivity index (χ1n) is 5.17. The molecule has 20 heavy (non-hydrogen) atoms. The summed E-state index contributed by atoms with van der Waals surface area (Å²) in [6, 6.07) is 15.9. The van der Waals surface area contributed by atoms with Crippen molar-refractivity contribution >= 4 is 38.7 Å². The molecular weight excluding hydrogens is 394 g/mol. The zero-order valence-corrected chi connectivity index (χ0v) is 13.5. The van der Waals surface area contributed by atoms with E-state index in [0.29, 0.717) is 0 Å². The molecule has 2 aromatic carbocycles. The third kappa shape index (κ3) is 7.66. The molecule has 0 heterocycles. The van der Waals surface area contributed by atoms with Gasteiger partial charge in [0.1, 0.15) is 0 Å². The van der Waals surface area contributed by atoms with Gasteiger partial charge in [0.15, 0.2) is 0 Å². The second kappa shape index (κ2) is 11.1. The van der Waals surface area contributed by atoms with Crippen LogP contribution in [-0.4, -0.2) is 37.2 Å². The third-order valence-electron chi connectivity index (χ3n) is 1.93. The summed E-state index contributed by atoms with van der Waals surface area (Å²) in [5.74, 6) is 0. The number of rotatable bonds is 2. The molecule has 2 aromatic rings. The molecule has 104 valence electrons. The molecule has 0 bridgehead atoms. The molecule has 0 spiro atoms. The summed E-state index contributed by atoms with van der Waals surface area (Å²) in [5, 5.41) is 20.0. The summed E-state index contributed by atoms with van der Waals surface area (Å²) in [7, 11) is 0. The van der Waals surface area contributed by atoms with Crippen LogP contribution in [0.15, 0.2) is 60.7 Å². The van der Waals surface area contributed by atoms with Gasteiger partial charge in [-0.2, -0.15) is 0 Å². The Morgan fingerprint density at radius 2 is 0.900 bits per heavy atom. The molecule has 2 rings (SSSR count). The average Bonchev–Trinajstić information content (AvgIpc) is 2.51. The van der Waals surface area contributed by atoms with Crippen LogP contribution < -0.4 is 0 Å². The molecule has 0 fully saturated rings. The molecule has 0 atom stereocenters. The fourth-order valence-electron chi connectivity index (χ4n) is 1.10. The third-order valence-corrected chi connectivity index (χ3v) is 1.93. The Balaban J connectivity index is 0.000000321. The Labute approximate surface area is 129 Å². The van der Waals surface area contributed by atoms with E-state index in [1.165, 1.54) is 24.3 Å². The van der Waals surface area contributed by atoms with E-state index in [2.05, 4.69) is 27.3 Å². The molecule has 0 aliphatic carbocycles. The van der Waals surface area contributed by atoms with E-state index >= 15 is 0 Å². The first-order chi connectivity index (χ1) is 9.61. The van der Waals surface area contributed by atoms with Gasteiger partial charge in [0.25, 0.3) is 11.4 Å². The van der Waals surface area contributed by atoms with E-state index in [4.69, 9.17) is 0 Å². The van der Waals surface area contributed by atoms with Crippen LogP contribution in [0.1, 0.15) is 0 Å². The molecule has 0 aliphatic heterocycles. The summed E-state index contributed by atoms with van der Waals surface area (Å²) in [4.78, 5) is 19.2. The maximum absolute atomic E-state index is 10.0. The maximum atomic E-state index is 10.0. The van der Waals surface area contributed by atoms with Crippen molar-refractivity contribution in [1.29, 1.82) is 0 Å². The van der Waals surface area contributed by atoms with Crippen molar-refractivity contribution in [1.82, 2.24) is 0 Å². The molecule has 0 radical (unpaired) electrons. The Hall–Kier alpha value is -1.72. The van der Waals surface area contributed by atoms with Crippen LogP contribution in [0.4, 0.5) is 11.4 Å². The van der Waals surface area contributed by atoms with Gasteiger partial charge < -0.3 is 0 Å². The number of hydrogen-bond acceptors (Lipinski definition) is 4. The van der Waals surface area contributed by atoms with Crippen LogP contribution in [0, 0.1) is 20.2 Å². The van der Waals surface area contributed by atoms with E-state index in [0.717, 1.165) is 0 Å². The molecule has 8 heteroatoms. The van der Waals surface area contributed by atoms with Crippen LogP contribution in [0.2, 0.25) is 0 Å². The topological polar surface area (TPSA) is 86.3 Å². The quantitative estimate of drug-likeness (QED) is 0.437. The number of nitrogens with zero attached hydrogens (tertiary/aromatic N) is 2. The van der Waals surface area contributed by atoms with Crippen LogP contribution in [0.25, 0.3) is 0 Å². The van der Waals surface area contributed by atoms with Crippen molar-refractivity contribution < 1.29 is 9.85 Å². The standard InChI is InChI=1S/2C6H5NO2.Se2/c2*8-7(9)6-4-2-1-3-5-6;1-2/h2*1-5H;. The minimum absolute atomic E-state index is 0.137. The monoisotopic (exact) mass is 406 g/mol. The molecule has 6 nitrogen and oxygen atoms in total. The molecule has 0 amide bonds. The Morgan fingerprint density at radius 1 is 0.650 bits per heavy atom. The van der Waals surface area contributed by atoms with Gasteiger partial charge in [-0.1, -0.05) is 36.4 Å². The Kier molecular flexibility index (Phi) is 10.2. The van der Waals surface area contributed by atoms with E-state index in [9.17, 15) is 20.2 Å². The van der Waals surface area contributed by atoms with Crippen LogP contribution in [0.5, 0.6) is 0 Å². The van der Waals surface area contributed by atoms with Gasteiger partial charge in [-0.15, -0.1) is 0 Å². The minimum atomic E-state index is -0.417. The number of non-ortho nitro benzene ring substituents is 2. The number of nitro benzene ring substituents is 2. The summed E-state index contributed by atoms with van der Waals surface area (Å²) in [6.07, 6.45) is 0. The normalized spacial score (nSPS) is 8.20. The first kappa shape index (κ1) is 18.3. The predicted molar refractivity (Wildman–Crippen MR) is 77.7 cm³/mol. The van der Waals surface area contributed by atoms with Crippen LogP contribution in [-0.2, 0) is 0 Å². The van der Waals surface area contributed by atoms with Gasteiger partial charge >= 0.3 is 27.3 Å². The number of nitro groups is 2. The van der Waals surface area contributed by atoms with Crippen molar-refractivity contribution in [2.75, 3.05) is 0 Å². The van der Waals surface area contributed by atoms with Gasteiger partial charge in [0.2, 0.25) is 0 Å². The summed E-state index contributed by atoms with van der Waals surface area (Å²) >= 11 is 5.00. The predicted octanol–water partition coefficient (Wildman–Crippen LogP) is 2.43. The molecule has 0 N–H and O–H groups in total. The van der Waals surface area contributed by atoms with Gasteiger partial charge in [0.05, 0.1) is 9.85 Å². The van der Waals surface area contributed by atoms with E-state index < -0.39 is 9.85 Å². The van der Waals surface area contributed by atoms with Crippen molar-refractivity contribution in [3.63, 3.8) is 0 Å². The van der Waals surface area contributed by atoms with E-state index in [1.807, 2.05) is 0 Å². The Morgan fingerprint density at radius 3 is 1.05 bits per heavy atom. The average molecular weight is 404 g/mol. The first-order valence-corrected chi connectivity index (χ1v) is 9.50. The van der Waals surface area contributed by atoms with Gasteiger partial charge in [0, 0.05) is 24.3 Å². The second-order valence-corrected chi connectivity index (χ2v) is 3.19. The zero-order chi connectivity index (χ0) is 15.4. The van der Waals surface area contributed by atoms with E-state index in [1.54, 1.807) is 36.4 Å². The fraction of sp³-hybridized carbons (Fsp3) is 0. The number of hydrogen-bond donors (Lipinski definition) is 0. The van der Waals surface area contributed by atoms with Crippen molar-refractivity contribution in [2.24, 2.45) is 0 Å². The SMILES string of the molecule is O=[N+]([O-])c1ccccc1.O=[N+]([O-])c1ccccc1.[Se]=[Se]. The molecule has 0 aromatic heterocycles. The van der Waals surface area contributed by atoms with Crippen molar-refractivity contribution in [2.45, 2.75) is 0 Å². The molecular formula is C12H10N2O4Se2. The van der Waals surface area contributed by atoms with Crippen LogP contribution >= 0.6 is 0 Å². The number of para-hydroxylation sites is 2. The summed E-state index contributed by atoms with van der Waals surface area (Å²) in [5.41, 5.74) is 0.273. The molecule has 0 saturated carbocycles. The second-order valence-electron chi connectivity index (χ2n) is 3.19.